The third-order valence-electron chi connectivity index (χ3n) is 14.7. The summed E-state index contributed by atoms with van der Waals surface area (Å²) in [4.78, 5) is 238. The summed E-state index contributed by atoms with van der Waals surface area (Å²) in [6.07, 6.45) is 8.87. The highest BCUT2D eigenvalue weighted by molar-refractivity contribution is 5.88. The average molecular weight is 1940 g/mol. The molecule has 47 nitrogen and oxygen atoms in total. The highest BCUT2D eigenvalue weighted by Gasteiger charge is 2.46. The van der Waals surface area contributed by atoms with Gasteiger partial charge in [-0.15, -0.1) is 26.3 Å². The Morgan fingerprint density at radius 2 is 0.456 bits per heavy atom. The van der Waals surface area contributed by atoms with Gasteiger partial charge in [0, 0.05) is 66.3 Å². The molecule has 0 aliphatic heterocycles. The molecule has 0 spiro atoms. The van der Waals surface area contributed by atoms with E-state index in [2.05, 4.69) is 98.7 Å². The Labute approximate surface area is 781 Å². The van der Waals surface area contributed by atoms with E-state index in [4.69, 9.17) is 125 Å². The Morgan fingerprint density at radius 1 is 0.243 bits per heavy atom. The maximum Gasteiger partial charge on any atom is 0.449 e. The van der Waals surface area contributed by atoms with E-state index in [1.54, 1.807) is 18.2 Å². The van der Waals surface area contributed by atoms with E-state index in [1.165, 1.54) is 13.0 Å². The smallest absolute Gasteiger partial charge is 0.449 e. The van der Waals surface area contributed by atoms with Crippen molar-refractivity contribution < 1.29 is 226 Å². The molecule has 0 aromatic rings. The molecule has 0 bridgehead atoms. The number of ether oxygens (including phenoxy) is 21. The third-order valence-corrected chi connectivity index (χ3v) is 14.7. The van der Waals surface area contributed by atoms with Crippen LogP contribution in [0.25, 0.3) is 0 Å². The van der Waals surface area contributed by atoms with Crippen LogP contribution in [0.5, 0.6) is 0 Å². The molecule has 2 unspecified atom stereocenters. The van der Waals surface area contributed by atoms with Crippen molar-refractivity contribution in [2.45, 2.75) is 89.3 Å². The number of carboxylic acids is 5. The van der Waals surface area contributed by atoms with E-state index in [-0.39, 0.29) is 97.1 Å². The summed E-state index contributed by atoms with van der Waals surface area (Å²) >= 11 is 0. The molecular formula is C89H116O47. The summed E-state index contributed by atoms with van der Waals surface area (Å²) in [7, 11) is 0. The van der Waals surface area contributed by atoms with E-state index in [0.717, 1.165) is 42.5 Å². The minimum atomic E-state index is -2.86. The van der Waals surface area contributed by atoms with Crippen molar-refractivity contribution in [1.82, 2.24) is 0 Å². The fourth-order valence-corrected chi connectivity index (χ4v) is 8.10. The molecule has 47 heteroatoms. The molecule has 0 amide bonds. The van der Waals surface area contributed by atoms with Crippen LogP contribution < -0.4 is 0 Å². The molecule has 0 fully saturated rings. The summed E-state index contributed by atoms with van der Waals surface area (Å²) in [5, 5.41) is 42.9. The first-order valence-electron chi connectivity index (χ1n) is 39.4. The summed E-state index contributed by atoms with van der Waals surface area (Å²) in [6, 6.07) is 0. The highest BCUT2D eigenvalue weighted by atomic mass is 16.9. The molecule has 0 aliphatic rings. The van der Waals surface area contributed by atoms with Crippen LogP contribution in [0, 0.1) is 16.2 Å². The predicted molar refractivity (Wildman–Crippen MR) is 465 cm³/mol. The Bertz CT molecular complexity index is 3920. The minimum absolute atomic E-state index is 0.00918. The van der Waals surface area contributed by atoms with Crippen LogP contribution >= 0.6 is 0 Å². The lowest BCUT2D eigenvalue weighted by molar-refractivity contribution is -0.342. The second kappa shape index (κ2) is 78.4. The second-order valence-electron chi connectivity index (χ2n) is 26.6. The molecule has 0 radical (unpaired) electrons. The largest absolute Gasteiger partial charge is 0.481 e. The van der Waals surface area contributed by atoms with Crippen molar-refractivity contribution in [2.75, 3.05) is 139 Å². The van der Waals surface area contributed by atoms with Crippen LogP contribution in [0.15, 0.2) is 189 Å². The standard InChI is InChI=1S/C26H30O15.C18H22O10.C18H28O7.C14H18O8.C13H18O7/c1-6-19(29)36-14-25(15-37-20(30)7-2,16-38-24(34)12-11-18(27)28)13-35-17-26(39-21(31)8-3,40-22(32)9-4)41-23(33)10-5;1-4-14(21)25-9-18(10-26-15(22)5-2,11-27-16(23)6-3)12-28-17(24)8-7-13(19)20;1-4-9-22-12-18(13-23-10-5-2,14-24-11-6-3)15-25-17(21)8-7-16(19)20;1-4-12(17)20-7-10(8-21-14(19)9(2)3)22-13(18)6-5-11(15)16;1-3-7-18-8-10(9-19-12(16)4-2)20-13(17)6-5-11(14)15/h6-10H,1-5,11-17H2,(H,27,28);4-6H,1-3,7-12H2,(H,19,20);4-6H,1-3,7-15H2,(H,19,20);4,10H,1-2,5-8H2,3H3,(H,15,16);3-4,10H,1-2,5-9H2,(H,14,15). The number of rotatable bonds is 73. The summed E-state index contributed by atoms with van der Waals surface area (Å²) in [6.45, 7) is 46.7. The van der Waals surface area contributed by atoms with E-state index in [9.17, 15) is 101 Å². The zero-order valence-electron chi connectivity index (χ0n) is 75.1. The van der Waals surface area contributed by atoms with Crippen molar-refractivity contribution in [2.24, 2.45) is 16.2 Å². The molecule has 2 atom stereocenters. The van der Waals surface area contributed by atoms with Crippen LogP contribution in [-0.4, -0.2) is 308 Å². The number of carboxylic acid groups (broad SMARTS) is 5. The van der Waals surface area contributed by atoms with Crippen molar-refractivity contribution in [3.63, 3.8) is 0 Å². The molecule has 0 rings (SSSR count). The molecular weight excluding hydrogens is 1820 g/mol. The molecule has 0 saturated heterocycles. The molecule has 0 aromatic heterocycles. The lowest BCUT2D eigenvalue weighted by Gasteiger charge is -2.34. The fraction of sp³-hybridized carbons (Fsp3) is 0.427. The Balaban J connectivity index is -0.000000539. The van der Waals surface area contributed by atoms with Gasteiger partial charge in [-0.05, 0) is 6.92 Å². The van der Waals surface area contributed by atoms with E-state index < -0.39 is 251 Å². The van der Waals surface area contributed by atoms with Crippen LogP contribution in [0.1, 0.15) is 71.1 Å². The van der Waals surface area contributed by atoms with Gasteiger partial charge in [0.2, 0.25) is 0 Å². The molecule has 136 heavy (non-hydrogen) atoms. The zero-order valence-corrected chi connectivity index (χ0v) is 75.1. The first kappa shape index (κ1) is 129. The number of carbonyl (C=O) groups excluding carboxylic acids is 16. The van der Waals surface area contributed by atoms with Crippen molar-refractivity contribution in [3.8, 4) is 0 Å². The topological polar surface area (TPSA) is 653 Å². The first-order chi connectivity index (χ1) is 64.2. The highest BCUT2D eigenvalue weighted by Crippen LogP contribution is 2.27. The number of carbonyl (C=O) groups is 21. The van der Waals surface area contributed by atoms with Crippen molar-refractivity contribution in [1.29, 1.82) is 0 Å². The maximum atomic E-state index is 12.1. The number of hydrogen-bond acceptors (Lipinski definition) is 42. The number of esters is 16. The Hall–Kier alpha value is -15.2. The first-order valence-corrected chi connectivity index (χ1v) is 39.4. The SMILES string of the molecule is C=CC(=O)OCC(COC(=O)C(=C)C)OC(=O)CCC(=O)O.C=CC(=O)OCC(COC(=O)C=C)(COC(=O)C=C)COC(=O)CCC(=O)O.C=CC(=O)OCC(COCC(OC(=O)C=C)(OC(=O)C=C)OC(=O)C=C)(COC(=O)C=C)COC(=O)CCC(=O)O.C=CCOCC(COC(=O)C=C)OC(=O)CCC(=O)O.C=CCOCC(COCC=C)(COCC=C)COC(=O)CCC(=O)O. The Kier molecular flexibility index (Phi) is 74.5. The molecule has 0 heterocycles. The van der Waals surface area contributed by atoms with Gasteiger partial charge in [-0.2, -0.15) is 0 Å². The van der Waals surface area contributed by atoms with Gasteiger partial charge in [0.1, 0.15) is 78.1 Å². The molecule has 0 aromatic carbocycles. The molecule has 0 aliphatic carbocycles. The maximum absolute atomic E-state index is 12.1. The van der Waals surface area contributed by atoms with Gasteiger partial charge in [-0.25, -0.2) is 52.7 Å². The quantitative estimate of drug-likeness (QED) is 0.0139. The van der Waals surface area contributed by atoms with Gasteiger partial charge in [-0.3, -0.25) is 47.9 Å². The summed E-state index contributed by atoms with van der Waals surface area (Å²) in [5.74, 6) is -22.6. The van der Waals surface area contributed by atoms with Gasteiger partial charge < -0.3 is 125 Å². The van der Waals surface area contributed by atoms with E-state index in [1.807, 2.05) is 0 Å². The van der Waals surface area contributed by atoms with Crippen LogP contribution in [0.2, 0.25) is 0 Å². The number of aliphatic carboxylic acids is 5. The summed E-state index contributed by atoms with van der Waals surface area (Å²) in [5.41, 5.74) is -3.74. The minimum Gasteiger partial charge on any atom is -0.481 e. The van der Waals surface area contributed by atoms with Gasteiger partial charge in [0.05, 0.1) is 135 Å². The van der Waals surface area contributed by atoms with Crippen molar-refractivity contribution >= 4 is 125 Å². The van der Waals surface area contributed by atoms with Crippen LogP contribution in [-0.2, 0) is 200 Å². The normalized spacial score (nSPS) is 10.7. The lowest BCUT2D eigenvalue weighted by atomic mass is 9.92. The average Bonchev–Trinajstić information content (AvgIpc) is 0.800. The Morgan fingerprint density at radius 3 is 0.706 bits per heavy atom. The van der Waals surface area contributed by atoms with Crippen molar-refractivity contribution in [3.05, 3.63) is 189 Å². The van der Waals surface area contributed by atoms with Gasteiger partial charge in [0.25, 0.3) is 0 Å². The molecule has 754 valence electrons. The van der Waals surface area contributed by atoms with Gasteiger partial charge in [0.15, 0.2) is 18.8 Å². The van der Waals surface area contributed by atoms with Gasteiger partial charge in [-0.1, -0.05) is 96.7 Å². The molecule has 0 saturated carbocycles. The van der Waals surface area contributed by atoms with Crippen LogP contribution in [0.3, 0.4) is 0 Å². The number of hydrogen-bond donors (Lipinski definition) is 5. The fourth-order valence-electron chi connectivity index (χ4n) is 8.10. The summed E-state index contributed by atoms with van der Waals surface area (Å²) < 4.78 is 106. The van der Waals surface area contributed by atoms with Gasteiger partial charge >= 0.3 is 131 Å². The van der Waals surface area contributed by atoms with E-state index in [0.29, 0.717) is 38.0 Å². The zero-order chi connectivity index (χ0) is 105. The monoisotopic (exact) mass is 1940 g/mol. The molecule has 5 N–H and O–H groups in total. The third kappa shape index (κ3) is 72.5. The van der Waals surface area contributed by atoms with Crippen LogP contribution in [0.4, 0.5) is 0 Å². The van der Waals surface area contributed by atoms with E-state index >= 15 is 0 Å². The lowest BCUT2D eigenvalue weighted by Crippen LogP contribution is -2.50. The predicted octanol–water partition coefficient (Wildman–Crippen LogP) is 4.56. The second-order valence-corrected chi connectivity index (χ2v) is 26.6.